The maximum atomic E-state index is 5.49. The smallest absolute Gasteiger partial charge is 0.160 e. The summed E-state index contributed by atoms with van der Waals surface area (Å²) >= 11 is 3.66. The van der Waals surface area contributed by atoms with Crippen LogP contribution in [-0.4, -0.2) is 15.0 Å². The van der Waals surface area contributed by atoms with E-state index in [4.69, 9.17) is 15.0 Å². The van der Waals surface area contributed by atoms with Crippen LogP contribution in [0.15, 0.2) is 198 Å². The van der Waals surface area contributed by atoms with E-state index in [-0.39, 0.29) is 0 Å². The largest absolute Gasteiger partial charge is 0.247 e. The topological polar surface area (TPSA) is 38.7 Å². The van der Waals surface area contributed by atoms with E-state index in [1.807, 2.05) is 30.0 Å². The monoisotopic (exact) mass is 785 g/mol. The minimum atomic E-state index is -0.456. The lowest BCUT2D eigenvalue weighted by Crippen LogP contribution is -2.32. The molecule has 0 fully saturated rings. The SMILES string of the molecule is c1ccc(-c2nc(-c3cccc(-c4nc5ccccc5c5c6c(ccc45)C4(c5ccccc5S6)c5ccccc5-c5ccccc54)c3)c3sc4ccccc4c3n2)cc1. The predicted molar refractivity (Wildman–Crippen MR) is 245 cm³/mol. The van der Waals surface area contributed by atoms with Crippen LogP contribution in [0.1, 0.15) is 22.3 Å². The molecule has 0 saturated carbocycles. The number of para-hydroxylation sites is 1. The number of benzene rings is 8. The number of aromatic nitrogens is 3. The Bertz CT molecular complexity index is 3510. The fourth-order valence-corrected chi connectivity index (χ4v) is 12.4. The first-order valence-electron chi connectivity index (χ1n) is 19.9. The Labute approximate surface area is 348 Å². The van der Waals surface area contributed by atoms with Gasteiger partial charge in [-0.1, -0.05) is 176 Å². The molecule has 0 saturated heterocycles. The highest BCUT2D eigenvalue weighted by Gasteiger charge is 2.50. The van der Waals surface area contributed by atoms with Crippen molar-refractivity contribution >= 4 is 65.1 Å². The van der Waals surface area contributed by atoms with E-state index in [2.05, 4.69) is 170 Å². The zero-order chi connectivity index (χ0) is 38.7. The number of pyridine rings is 1. The third-order valence-corrected chi connectivity index (χ3v) is 14.7. The molecule has 11 aromatic rings. The molecule has 0 radical (unpaired) electrons. The minimum Gasteiger partial charge on any atom is -0.247 e. The van der Waals surface area contributed by atoms with Crippen molar-refractivity contribution < 1.29 is 0 Å². The van der Waals surface area contributed by atoms with Gasteiger partial charge in [-0.3, -0.25) is 0 Å². The minimum absolute atomic E-state index is 0.456. The molecule has 0 amide bonds. The molecule has 274 valence electrons. The molecule has 3 nitrogen and oxygen atoms in total. The van der Waals surface area contributed by atoms with Crippen LogP contribution in [0.4, 0.5) is 0 Å². The summed E-state index contributed by atoms with van der Waals surface area (Å²) in [6, 6.07) is 68.2. The van der Waals surface area contributed by atoms with Gasteiger partial charge in [-0.15, -0.1) is 11.3 Å². The maximum Gasteiger partial charge on any atom is 0.160 e. The van der Waals surface area contributed by atoms with Gasteiger partial charge in [0.1, 0.15) is 0 Å². The molecule has 59 heavy (non-hydrogen) atoms. The zero-order valence-corrected chi connectivity index (χ0v) is 33.2. The number of hydrogen-bond acceptors (Lipinski definition) is 5. The Hall–Kier alpha value is -6.92. The first-order chi connectivity index (χ1) is 29.3. The Morgan fingerprint density at radius 3 is 1.88 bits per heavy atom. The van der Waals surface area contributed by atoms with Crippen LogP contribution in [0.3, 0.4) is 0 Å². The molecular weight excluding hydrogens is 755 g/mol. The second-order valence-corrected chi connectivity index (χ2v) is 17.5. The number of nitrogens with zero attached hydrogens (tertiary/aromatic N) is 3. The van der Waals surface area contributed by atoms with Gasteiger partial charge in [0.15, 0.2) is 5.82 Å². The van der Waals surface area contributed by atoms with E-state index < -0.39 is 5.41 Å². The fourth-order valence-electron chi connectivity index (χ4n) is 9.88. The van der Waals surface area contributed by atoms with Crippen molar-refractivity contribution in [1.29, 1.82) is 0 Å². The molecule has 4 heterocycles. The Morgan fingerprint density at radius 2 is 1.07 bits per heavy atom. The summed E-state index contributed by atoms with van der Waals surface area (Å²) in [7, 11) is 0. The van der Waals surface area contributed by atoms with Crippen LogP contribution < -0.4 is 0 Å². The van der Waals surface area contributed by atoms with Crippen molar-refractivity contribution in [1.82, 2.24) is 15.0 Å². The summed E-state index contributed by atoms with van der Waals surface area (Å²) in [4.78, 5) is 18.6. The lowest BCUT2D eigenvalue weighted by atomic mass is 9.67. The number of thiophene rings is 1. The number of hydrogen-bond donors (Lipinski definition) is 0. The molecule has 1 spiro atoms. The molecule has 0 N–H and O–H groups in total. The van der Waals surface area contributed by atoms with E-state index >= 15 is 0 Å². The molecular formula is C54H31N3S2. The van der Waals surface area contributed by atoms with E-state index in [0.717, 1.165) is 65.8 Å². The van der Waals surface area contributed by atoms with Crippen LogP contribution in [-0.2, 0) is 5.41 Å². The van der Waals surface area contributed by atoms with Gasteiger partial charge in [-0.2, -0.15) is 0 Å². The highest BCUT2D eigenvalue weighted by Crippen LogP contribution is 2.63. The number of rotatable bonds is 3. The van der Waals surface area contributed by atoms with Crippen LogP contribution in [0.2, 0.25) is 0 Å². The third kappa shape index (κ3) is 4.63. The Balaban J connectivity index is 1.08. The molecule has 0 atom stereocenters. The highest BCUT2D eigenvalue weighted by atomic mass is 32.2. The fraction of sp³-hybridized carbons (Fsp3) is 0.0185. The second-order valence-electron chi connectivity index (χ2n) is 15.4. The van der Waals surface area contributed by atoms with E-state index in [1.54, 1.807) is 11.3 Å². The summed E-state index contributed by atoms with van der Waals surface area (Å²) in [5.41, 5.74) is 14.5. The molecule has 5 heteroatoms. The lowest BCUT2D eigenvalue weighted by Gasteiger charge is -2.40. The summed E-state index contributed by atoms with van der Waals surface area (Å²) < 4.78 is 2.29. The van der Waals surface area contributed by atoms with Crippen molar-refractivity contribution in [2.45, 2.75) is 15.2 Å². The first-order valence-corrected chi connectivity index (χ1v) is 21.6. The molecule has 2 aliphatic rings. The van der Waals surface area contributed by atoms with Crippen LogP contribution in [0.25, 0.3) is 87.0 Å². The molecule has 3 aromatic heterocycles. The standard InChI is InChI=1S/C54H31N3S2/c1-2-15-32(16-3-1)53-56-49(52-50(57-53)38-22-7-12-27-45(38)58-52)34-18-14-17-33(31-34)48-39-29-30-43-51(47(39)37-21-6-11-26-44(37)55-48)59-46-28-13-10-25-42(46)54(43)40-23-8-4-19-35(40)36-20-5-9-24-41(36)54/h1-31H. The van der Waals surface area contributed by atoms with Crippen LogP contribution >= 0.6 is 23.1 Å². The van der Waals surface area contributed by atoms with Crippen molar-refractivity contribution in [3.8, 4) is 45.0 Å². The van der Waals surface area contributed by atoms with Gasteiger partial charge >= 0.3 is 0 Å². The van der Waals surface area contributed by atoms with E-state index in [0.29, 0.717) is 0 Å². The van der Waals surface area contributed by atoms with Gasteiger partial charge < -0.3 is 0 Å². The molecule has 13 rings (SSSR count). The molecule has 0 unspecified atom stereocenters. The van der Waals surface area contributed by atoms with Gasteiger partial charge in [-0.05, 0) is 57.6 Å². The summed E-state index contributed by atoms with van der Waals surface area (Å²) in [6.45, 7) is 0. The molecule has 8 aromatic carbocycles. The molecule has 1 aliphatic carbocycles. The maximum absolute atomic E-state index is 5.49. The van der Waals surface area contributed by atoms with Crippen molar-refractivity contribution in [2.24, 2.45) is 0 Å². The van der Waals surface area contributed by atoms with Gasteiger partial charge in [0.25, 0.3) is 0 Å². The van der Waals surface area contributed by atoms with Crippen LogP contribution in [0.5, 0.6) is 0 Å². The normalized spacial score (nSPS) is 13.5. The average Bonchev–Trinajstić information content (AvgIpc) is 3.83. The molecule has 0 bridgehead atoms. The third-order valence-electron chi connectivity index (χ3n) is 12.3. The lowest BCUT2D eigenvalue weighted by molar-refractivity contribution is 0.726. The second kappa shape index (κ2) is 12.5. The van der Waals surface area contributed by atoms with Crippen LogP contribution in [0, 0.1) is 0 Å². The van der Waals surface area contributed by atoms with Gasteiger partial charge in [0, 0.05) is 52.7 Å². The highest BCUT2D eigenvalue weighted by molar-refractivity contribution is 7.99. The summed E-state index contributed by atoms with van der Waals surface area (Å²) in [5.74, 6) is 0.726. The average molecular weight is 786 g/mol. The molecule has 1 aliphatic heterocycles. The van der Waals surface area contributed by atoms with Crippen molar-refractivity contribution in [3.05, 3.63) is 210 Å². The first kappa shape index (κ1) is 33.1. The van der Waals surface area contributed by atoms with Gasteiger partial charge in [0.2, 0.25) is 0 Å². The van der Waals surface area contributed by atoms with Gasteiger partial charge in [0.05, 0.1) is 32.5 Å². The van der Waals surface area contributed by atoms with E-state index in [9.17, 15) is 0 Å². The van der Waals surface area contributed by atoms with Crippen molar-refractivity contribution in [3.63, 3.8) is 0 Å². The predicted octanol–water partition coefficient (Wildman–Crippen LogP) is 14.4. The quantitative estimate of drug-likeness (QED) is 0.167. The number of fused-ring (bicyclic) bond motifs is 16. The summed E-state index contributed by atoms with van der Waals surface area (Å²) in [6.07, 6.45) is 0. The van der Waals surface area contributed by atoms with E-state index in [1.165, 1.54) is 53.3 Å². The Morgan fingerprint density at radius 1 is 0.424 bits per heavy atom. The Kier molecular flexibility index (Phi) is 7.03. The zero-order valence-electron chi connectivity index (χ0n) is 31.6. The van der Waals surface area contributed by atoms with Gasteiger partial charge in [-0.25, -0.2) is 15.0 Å². The van der Waals surface area contributed by atoms with Crippen molar-refractivity contribution in [2.75, 3.05) is 0 Å². The summed E-state index contributed by atoms with van der Waals surface area (Å²) in [5, 5.41) is 4.70.